The van der Waals surface area contributed by atoms with E-state index >= 15 is 0 Å². The second-order valence-corrected chi connectivity index (χ2v) is 6.54. The van der Waals surface area contributed by atoms with Gasteiger partial charge in [-0.3, -0.25) is 4.79 Å². The van der Waals surface area contributed by atoms with Gasteiger partial charge in [0.05, 0.1) is 0 Å². The predicted molar refractivity (Wildman–Crippen MR) is 96.7 cm³/mol. The number of nitrogens with zero attached hydrogens (tertiary/aromatic N) is 1. The third kappa shape index (κ3) is 4.44. The molecule has 2 aromatic rings. The summed E-state index contributed by atoms with van der Waals surface area (Å²) in [5.74, 6) is 0.138. The van der Waals surface area contributed by atoms with Crippen molar-refractivity contribution in [2.45, 2.75) is 52.6 Å². The van der Waals surface area contributed by atoms with Crippen molar-refractivity contribution in [2.24, 2.45) is 0 Å². The molecule has 23 heavy (non-hydrogen) atoms. The van der Waals surface area contributed by atoms with E-state index in [1.54, 1.807) is 0 Å². The van der Waals surface area contributed by atoms with Crippen molar-refractivity contribution in [2.75, 3.05) is 0 Å². The molecule has 0 N–H and O–H groups in total. The van der Waals surface area contributed by atoms with Gasteiger partial charge in [0.25, 0.3) is 5.91 Å². The highest BCUT2D eigenvalue weighted by Gasteiger charge is 2.23. The van der Waals surface area contributed by atoms with Gasteiger partial charge in [-0.1, -0.05) is 48.5 Å². The second kappa shape index (κ2) is 7.96. The van der Waals surface area contributed by atoms with Crippen LogP contribution in [-0.4, -0.2) is 22.9 Å². The largest absolute Gasteiger partial charge is 0.334 e. The Morgan fingerprint density at radius 3 is 2.00 bits per heavy atom. The molecule has 0 aliphatic carbocycles. The number of hydrogen-bond donors (Lipinski definition) is 0. The highest BCUT2D eigenvalue weighted by Crippen LogP contribution is 2.18. The number of aryl methyl sites for hydroxylation is 2. The molecular weight excluding hydrogens is 282 g/mol. The summed E-state index contributed by atoms with van der Waals surface area (Å²) in [6.07, 6.45) is 1.84. The van der Waals surface area contributed by atoms with Crippen LogP contribution in [0.1, 0.15) is 49.2 Å². The number of rotatable bonds is 6. The minimum atomic E-state index is 0.138. The zero-order valence-electron chi connectivity index (χ0n) is 14.6. The lowest BCUT2D eigenvalue weighted by molar-refractivity contribution is 0.0642. The minimum Gasteiger partial charge on any atom is -0.334 e. The van der Waals surface area contributed by atoms with E-state index in [0.717, 1.165) is 24.0 Å². The van der Waals surface area contributed by atoms with Crippen LogP contribution in [0.25, 0.3) is 0 Å². The fraction of sp³-hybridized carbons (Fsp3) is 0.381. The van der Waals surface area contributed by atoms with Crippen LogP contribution in [0.5, 0.6) is 0 Å². The van der Waals surface area contributed by atoms with E-state index in [0.29, 0.717) is 0 Å². The smallest absolute Gasteiger partial charge is 0.254 e. The van der Waals surface area contributed by atoms with Crippen molar-refractivity contribution in [1.82, 2.24) is 4.90 Å². The molecule has 0 aliphatic rings. The normalized spacial score (nSPS) is 11.0. The van der Waals surface area contributed by atoms with E-state index in [9.17, 15) is 4.79 Å². The summed E-state index contributed by atoms with van der Waals surface area (Å²) in [4.78, 5) is 14.9. The number of hydrogen-bond acceptors (Lipinski definition) is 1. The van der Waals surface area contributed by atoms with Crippen LogP contribution < -0.4 is 0 Å². The fourth-order valence-corrected chi connectivity index (χ4v) is 3.08. The highest BCUT2D eigenvalue weighted by molar-refractivity contribution is 5.96. The Hall–Kier alpha value is -2.09. The number of benzene rings is 2. The van der Waals surface area contributed by atoms with Gasteiger partial charge >= 0.3 is 0 Å². The first kappa shape index (κ1) is 17.3. The molecule has 2 heteroatoms. The molecule has 0 saturated carbocycles. The van der Waals surface area contributed by atoms with Crippen LogP contribution in [0.2, 0.25) is 0 Å². The van der Waals surface area contributed by atoms with Crippen molar-refractivity contribution in [3.63, 3.8) is 0 Å². The first-order valence-corrected chi connectivity index (χ1v) is 8.45. The molecule has 0 fully saturated rings. The summed E-state index contributed by atoms with van der Waals surface area (Å²) in [5, 5.41) is 0. The van der Waals surface area contributed by atoms with E-state index in [-0.39, 0.29) is 18.0 Å². The van der Waals surface area contributed by atoms with Gasteiger partial charge in [0.15, 0.2) is 0 Å². The number of carbonyl (C=O) groups excluding carboxylic acids is 1. The number of amides is 1. The Morgan fingerprint density at radius 1 is 0.826 bits per heavy atom. The Labute approximate surface area is 140 Å². The molecule has 0 aromatic heterocycles. The molecule has 0 aliphatic heterocycles. The molecule has 2 nitrogen and oxygen atoms in total. The zero-order chi connectivity index (χ0) is 16.8. The Bertz CT molecular complexity index is 623. The SMILES string of the molecule is CC(C)N(C(=O)c1ccccc1CCc1ccccc1)C(C)C. The maximum atomic E-state index is 13.0. The van der Waals surface area contributed by atoms with E-state index in [1.165, 1.54) is 5.56 Å². The van der Waals surface area contributed by atoms with Crippen molar-refractivity contribution in [3.8, 4) is 0 Å². The van der Waals surface area contributed by atoms with Gasteiger partial charge in [-0.05, 0) is 57.7 Å². The monoisotopic (exact) mass is 309 g/mol. The highest BCUT2D eigenvalue weighted by atomic mass is 16.2. The van der Waals surface area contributed by atoms with Gasteiger partial charge in [-0.25, -0.2) is 0 Å². The van der Waals surface area contributed by atoms with Gasteiger partial charge in [-0.2, -0.15) is 0 Å². The predicted octanol–water partition coefficient (Wildman–Crippen LogP) is 4.73. The Morgan fingerprint density at radius 2 is 1.39 bits per heavy atom. The van der Waals surface area contributed by atoms with Crippen LogP contribution in [-0.2, 0) is 12.8 Å². The molecule has 2 aromatic carbocycles. The zero-order valence-corrected chi connectivity index (χ0v) is 14.6. The van der Waals surface area contributed by atoms with Crippen molar-refractivity contribution in [3.05, 3.63) is 71.3 Å². The summed E-state index contributed by atoms with van der Waals surface area (Å²) >= 11 is 0. The summed E-state index contributed by atoms with van der Waals surface area (Å²) in [6, 6.07) is 18.8. The second-order valence-electron chi connectivity index (χ2n) is 6.54. The fourth-order valence-electron chi connectivity index (χ4n) is 3.08. The average molecular weight is 309 g/mol. The van der Waals surface area contributed by atoms with E-state index in [1.807, 2.05) is 29.2 Å². The summed E-state index contributed by atoms with van der Waals surface area (Å²) in [5.41, 5.74) is 3.28. The summed E-state index contributed by atoms with van der Waals surface area (Å²) in [7, 11) is 0. The lowest BCUT2D eigenvalue weighted by Crippen LogP contribution is -2.42. The quantitative estimate of drug-likeness (QED) is 0.755. The third-order valence-electron chi connectivity index (χ3n) is 4.12. The first-order chi connectivity index (χ1) is 11.0. The van der Waals surface area contributed by atoms with Crippen LogP contribution in [0.4, 0.5) is 0 Å². The molecule has 0 spiro atoms. The maximum Gasteiger partial charge on any atom is 0.254 e. The van der Waals surface area contributed by atoms with Crippen LogP contribution in [0.3, 0.4) is 0 Å². The van der Waals surface area contributed by atoms with Gasteiger partial charge in [0, 0.05) is 17.6 Å². The van der Waals surface area contributed by atoms with Crippen molar-refractivity contribution >= 4 is 5.91 Å². The standard InChI is InChI=1S/C21H27NO/c1-16(2)22(17(3)4)21(23)20-13-9-8-12-19(20)15-14-18-10-6-5-7-11-18/h5-13,16-17H,14-15H2,1-4H3. The summed E-state index contributed by atoms with van der Waals surface area (Å²) in [6.45, 7) is 8.30. The van der Waals surface area contributed by atoms with Crippen molar-refractivity contribution < 1.29 is 4.79 Å². The van der Waals surface area contributed by atoms with Crippen LogP contribution in [0, 0.1) is 0 Å². The Balaban J connectivity index is 2.21. The van der Waals surface area contributed by atoms with Crippen LogP contribution in [0.15, 0.2) is 54.6 Å². The molecule has 0 heterocycles. The molecule has 0 atom stereocenters. The molecule has 0 radical (unpaired) electrons. The molecule has 1 amide bonds. The van der Waals surface area contributed by atoms with E-state index in [2.05, 4.69) is 58.0 Å². The van der Waals surface area contributed by atoms with Gasteiger partial charge in [0.2, 0.25) is 0 Å². The lowest BCUT2D eigenvalue weighted by atomic mass is 9.98. The lowest BCUT2D eigenvalue weighted by Gasteiger charge is -2.31. The third-order valence-corrected chi connectivity index (χ3v) is 4.12. The number of carbonyl (C=O) groups is 1. The van der Waals surface area contributed by atoms with E-state index in [4.69, 9.17) is 0 Å². The van der Waals surface area contributed by atoms with Crippen LogP contribution >= 0.6 is 0 Å². The van der Waals surface area contributed by atoms with Gasteiger partial charge in [0.1, 0.15) is 0 Å². The molecule has 0 saturated heterocycles. The molecule has 2 rings (SSSR count). The summed E-state index contributed by atoms with van der Waals surface area (Å²) < 4.78 is 0. The topological polar surface area (TPSA) is 20.3 Å². The van der Waals surface area contributed by atoms with Gasteiger partial charge in [-0.15, -0.1) is 0 Å². The molecule has 0 unspecified atom stereocenters. The Kier molecular flexibility index (Phi) is 5.97. The molecular formula is C21H27NO. The average Bonchev–Trinajstić information content (AvgIpc) is 2.53. The maximum absolute atomic E-state index is 13.0. The van der Waals surface area contributed by atoms with Crippen molar-refractivity contribution in [1.29, 1.82) is 0 Å². The molecule has 0 bridgehead atoms. The molecule has 122 valence electrons. The first-order valence-electron chi connectivity index (χ1n) is 8.45. The van der Waals surface area contributed by atoms with Gasteiger partial charge < -0.3 is 4.90 Å². The van der Waals surface area contributed by atoms with E-state index < -0.39 is 0 Å². The minimum absolute atomic E-state index is 0.138.